The molecule has 0 fully saturated rings. The molecule has 6 heteroatoms. The molecular formula is C11H11N3O3. The van der Waals surface area contributed by atoms with Gasteiger partial charge in [-0.25, -0.2) is 14.8 Å². The van der Waals surface area contributed by atoms with E-state index in [1.54, 1.807) is 0 Å². The van der Waals surface area contributed by atoms with Crippen molar-refractivity contribution in [1.82, 2.24) is 9.97 Å². The molecule has 0 aliphatic rings. The molecule has 17 heavy (non-hydrogen) atoms. The highest BCUT2D eigenvalue weighted by atomic mass is 16.4. The normalized spacial score (nSPS) is 10.2. The third kappa shape index (κ3) is 2.60. The van der Waals surface area contributed by atoms with Crippen LogP contribution < -0.4 is 5.32 Å². The van der Waals surface area contributed by atoms with Crippen molar-refractivity contribution in [1.29, 1.82) is 0 Å². The molecule has 2 rings (SSSR count). The van der Waals surface area contributed by atoms with Crippen molar-refractivity contribution in [3.8, 4) is 0 Å². The maximum absolute atomic E-state index is 10.9. The Morgan fingerprint density at radius 1 is 1.53 bits per heavy atom. The Hall–Kier alpha value is -2.37. The van der Waals surface area contributed by atoms with Gasteiger partial charge in [0.05, 0.1) is 6.54 Å². The zero-order valence-electron chi connectivity index (χ0n) is 9.17. The number of hydrogen-bond acceptors (Lipinski definition) is 5. The molecule has 6 nitrogen and oxygen atoms in total. The summed E-state index contributed by atoms with van der Waals surface area (Å²) in [7, 11) is 0. The number of aryl methyl sites for hydroxylation is 1. The van der Waals surface area contributed by atoms with Gasteiger partial charge in [-0.05, 0) is 19.1 Å². The minimum absolute atomic E-state index is 0.0378. The molecule has 0 aliphatic carbocycles. The number of nitrogens with zero attached hydrogens (tertiary/aromatic N) is 2. The van der Waals surface area contributed by atoms with E-state index in [9.17, 15) is 4.79 Å². The van der Waals surface area contributed by atoms with E-state index in [0.717, 1.165) is 11.5 Å². The summed E-state index contributed by atoms with van der Waals surface area (Å²) in [6.07, 6.45) is 2.55. The second-order valence-corrected chi connectivity index (χ2v) is 3.46. The highest BCUT2D eigenvalue weighted by molar-refractivity contribution is 5.92. The van der Waals surface area contributed by atoms with Crippen molar-refractivity contribution in [3.05, 3.63) is 41.7 Å². The molecule has 2 N–H and O–H groups in total. The Labute approximate surface area is 97.3 Å². The molecule has 0 unspecified atom stereocenters. The monoisotopic (exact) mass is 233 g/mol. The van der Waals surface area contributed by atoms with Crippen molar-refractivity contribution in [2.75, 3.05) is 5.32 Å². The molecule has 0 saturated heterocycles. The molecule has 2 aromatic heterocycles. The Kier molecular flexibility index (Phi) is 3.04. The van der Waals surface area contributed by atoms with Crippen molar-refractivity contribution in [2.45, 2.75) is 13.5 Å². The molecule has 2 heterocycles. The average molecular weight is 233 g/mol. The van der Waals surface area contributed by atoms with Gasteiger partial charge in [0.1, 0.15) is 29.2 Å². The van der Waals surface area contributed by atoms with Crippen molar-refractivity contribution < 1.29 is 14.3 Å². The Balaban J connectivity index is 2.11. The van der Waals surface area contributed by atoms with Crippen LogP contribution in [-0.4, -0.2) is 21.0 Å². The van der Waals surface area contributed by atoms with Crippen molar-refractivity contribution in [3.63, 3.8) is 0 Å². The largest absolute Gasteiger partial charge is 0.477 e. The van der Waals surface area contributed by atoms with Crippen LogP contribution in [0.5, 0.6) is 0 Å². The predicted molar refractivity (Wildman–Crippen MR) is 59.8 cm³/mol. The third-order valence-electron chi connectivity index (χ3n) is 2.17. The van der Waals surface area contributed by atoms with Gasteiger partial charge in [-0.1, -0.05) is 0 Å². The average Bonchev–Trinajstić information content (AvgIpc) is 2.73. The van der Waals surface area contributed by atoms with Gasteiger partial charge in [-0.2, -0.15) is 0 Å². The lowest BCUT2D eigenvalue weighted by Gasteiger charge is -2.05. The van der Waals surface area contributed by atoms with Gasteiger partial charge in [-0.15, -0.1) is 0 Å². The number of aromatic nitrogens is 2. The summed E-state index contributed by atoms with van der Waals surface area (Å²) in [6.45, 7) is 2.22. The zero-order chi connectivity index (χ0) is 12.3. The van der Waals surface area contributed by atoms with Crippen LogP contribution in [0.4, 0.5) is 5.82 Å². The number of hydrogen-bond donors (Lipinski definition) is 2. The fraction of sp³-hybridized carbons (Fsp3) is 0.182. The topological polar surface area (TPSA) is 88.2 Å². The molecular weight excluding hydrogens is 222 g/mol. The van der Waals surface area contributed by atoms with Crippen LogP contribution in [0.2, 0.25) is 0 Å². The van der Waals surface area contributed by atoms with E-state index < -0.39 is 5.97 Å². The second kappa shape index (κ2) is 4.65. The molecule has 0 spiro atoms. The SMILES string of the molecule is Cc1ccc(CNc2ncncc2C(=O)O)o1. The number of carboxylic acids is 1. The van der Waals surface area contributed by atoms with E-state index >= 15 is 0 Å². The smallest absolute Gasteiger partial charge is 0.341 e. The first-order valence-corrected chi connectivity index (χ1v) is 4.99. The number of carbonyl (C=O) groups is 1. The third-order valence-corrected chi connectivity index (χ3v) is 2.17. The number of anilines is 1. The van der Waals surface area contributed by atoms with Crippen LogP contribution in [0.1, 0.15) is 21.9 Å². The van der Waals surface area contributed by atoms with Crippen LogP contribution in [0.15, 0.2) is 29.1 Å². The van der Waals surface area contributed by atoms with Crippen molar-refractivity contribution in [2.24, 2.45) is 0 Å². The highest BCUT2D eigenvalue weighted by Gasteiger charge is 2.11. The van der Waals surface area contributed by atoms with E-state index in [2.05, 4.69) is 15.3 Å². The van der Waals surface area contributed by atoms with Gasteiger partial charge in [0.25, 0.3) is 0 Å². The Bertz CT molecular complexity index is 536. The summed E-state index contributed by atoms with van der Waals surface area (Å²) < 4.78 is 5.35. The lowest BCUT2D eigenvalue weighted by atomic mass is 10.3. The van der Waals surface area contributed by atoms with E-state index in [0.29, 0.717) is 6.54 Å². The predicted octanol–water partition coefficient (Wildman–Crippen LogP) is 1.69. The Morgan fingerprint density at radius 3 is 3.00 bits per heavy atom. The first-order chi connectivity index (χ1) is 8.16. The van der Waals surface area contributed by atoms with Gasteiger partial charge >= 0.3 is 5.97 Å². The molecule has 0 bridgehead atoms. The molecule has 0 amide bonds. The van der Waals surface area contributed by atoms with E-state index in [-0.39, 0.29) is 11.4 Å². The van der Waals surface area contributed by atoms with E-state index in [1.165, 1.54) is 12.5 Å². The Morgan fingerprint density at radius 2 is 2.35 bits per heavy atom. The summed E-state index contributed by atoms with van der Waals surface area (Å²) in [5, 5.41) is 11.8. The summed E-state index contributed by atoms with van der Waals surface area (Å²) >= 11 is 0. The minimum Gasteiger partial charge on any atom is -0.477 e. The standard InChI is InChI=1S/C11H11N3O3/c1-7-2-3-8(17-7)4-13-10-9(11(15)16)5-12-6-14-10/h2-3,5-6H,4H2,1H3,(H,15,16)(H,12,13,14). The van der Waals surface area contributed by atoms with Crippen LogP contribution in [0.3, 0.4) is 0 Å². The fourth-order valence-corrected chi connectivity index (χ4v) is 1.38. The number of rotatable bonds is 4. The van der Waals surface area contributed by atoms with Gasteiger partial charge in [-0.3, -0.25) is 0 Å². The van der Waals surface area contributed by atoms with Crippen molar-refractivity contribution >= 4 is 11.8 Å². The van der Waals surface area contributed by atoms with Crippen LogP contribution in [0, 0.1) is 6.92 Å². The molecule has 0 radical (unpaired) electrons. The van der Waals surface area contributed by atoms with E-state index in [4.69, 9.17) is 9.52 Å². The van der Waals surface area contributed by atoms with E-state index in [1.807, 2.05) is 19.1 Å². The first-order valence-electron chi connectivity index (χ1n) is 4.99. The molecule has 2 aromatic rings. The summed E-state index contributed by atoms with van der Waals surface area (Å²) in [5.74, 6) is 0.741. The molecule has 0 aromatic carbocycles. The lowest BCUT2D eigenvalue weighted by Crippen LogP contribution is -2.08. The minimum atomic E-state index is -1.07. The van der Waals surface area contributed by atoms with Gasteiger partial charge < -0.3 is 14.8 Å². The zero-order valence-corrected chi connectivity index (χ0v) is 9.17. The molecule has 0 atom stereocenters. The maximum atomic E-state index is 10.9. The van der Waals surface area contributed by atoms with Gasteiger partial charge in [0, 0.05) is 6.20 Å². The lowest BCUT2D eigenvalue weighted by molar-refractivity contribution is 0.0697. The first kappa shape index (κ1) is 11.1. The number of furan rings is 1. The summed E-state index contributed by atoms with van der Waals surface area (Å²) in [5.41, 5.74) is 0.0378. The second-order valence-electron chi connectivity index (χ2n) is 3.46. The van der Waals surface area contributed by atoms with Gasteiger partial charge in [0.15, 0.2) is 0 Å². The van der Waals surface area contributed by atoms with Crippen LogP contribution >= 0.6 is 0 Å². The molecule has 0 aliphatic heterocycles. The molecule has 88 valence electrons. The maximum Gasteiger partial charge on any atom is 0.341 e. The molecule has 0 saturated carbocycles. The fourth-order valence-electron chi connectivity index (χ4n) is 1.38. The van der Waals surface area contributed by atoms with Gasteiger partial charge in [0.2, 0.25) is 0 Å². The number of nitrogens with one attached hydrogen (secondary N) is 1. The number of aromatic carboxylic acids is 1. The van der Waals surface area contributed by atoms with Crippen LogP contribution in [-0.2, 0) is 6.54 Å². The highest BCUT2D eigenvalue weighted by Crippen LogP contribution is 2.13. The van der Waals surface area contributed by atoms with Crippen LogP contribution in [0.25, 0.3) is 0 Å². The number of carboxylic acid groups (broad SMARTS) is 1. The summed E-state index contributed by atoms with van der Waals surface area (Å²) in [4.78, 5) is 18.4. The quantitative estimate of drug-likeness (QED) is 0.835. The summed E-state index contributed by atoms with van der Waals surface area (Å²) in [6, 6.07) is 3.67.